The van der Waals surface area contributed by atoms with E-state index in [1.807, 2.05) is 0 Å². The Balaban J connectivity index is 2.57. The van der Waals surface area contributed by atoms with E-state index in [0.717, 1.165) is 23.2 Å². The quantitative estimate of drug-likeness (QED) is 0.587. The Morgan fingerprint density at radius 2 is 1.77 bits per heavy atom. The topological polar surface area (TPSA) is 0 Å². The van der Waals surface area contributed by atoms with Gasteiger partial charge in [0.05, 0.1) is 0 Å². The molecule has 1 aliphatic carbocycles. The summed E-state index contributed by atoms with van der Waals surface area (Å²) < 4.78 is 0. The van der Waals surface area contributed by atoms with Crippen molar-refractivity contribution in [2.45, 2.75) is 60.3 Å². The molecule has 13 heavy (non-hydrogen) atoms. The largest absolute Gasteiger partial charge is 0.0651 e. The summed E-state index contributed by atoms with van der Waals surface area (Å²) in [4.78, 5) is 0. The molecule has 0 amide bonds. The molecule has 0 radical (unpaired) electrons. The molecule has 0 nitrogen and oxygen atoms in total. The molecular formula is C13H26. The van der Waals surface area contributed by atoms with Crippen LogP contribution >= 0.6 is 0 Å². The molecule has 4 unspecified atom stereocenters. The summed E-state index contributed by atoms with van der Waals surface area (Å²) in [6.07, 6.45) is 5.63. The average Bonchev–Trinajstić information content (AvgIpc) is 2.91. The first-order valence-electron chi connectivity index (χ1n) is 6.12. The van der Waals surface area contributed by atoms with Crippen molar-refractivity contribution in [3.8, 4) is 0 Å². The standard InChI is InChI=1S/C13H26/c1-6-10(4)12-9-13(12,8-3)11(5)7-2/h10-12H,6-9H2,1-5H3. The molecule has 0 heteroatoms. The van der Waals surface area contributed by atoms with Gasteiger partial charge in [-0.15, -0.1) is 0 Å². The molecule has 1 aliphatic rings. The number of rotatable bonds is 5. The number of hydrogen-bond acceptors (Lipinski definition) is 0. The first-order valence-corrected chi connectivity index (χ1v) is 6.12. The Morgan fingerprint density at radius 3 is 2.15 bits per heavy atom. The van der Waals surface area contributed by atoms with E-state index in [0.29, 0.717) is 0 Å². The Kier molecular flexibility index (Phi) is 3.43. The van der Waals surface area contributed by atoms with Gasteiger partial charge < -0.3 is 0 Å². The Morgan fingerprint density at radius 1 is 1.15 bits per heavy atom. The van der Waals surface area contributed by atoms with Gasteiger partial charge in [0.2, 0.25) is 0 Å². The third-order valence-electron chi connectivity index (χ3n) is 4.76. The van der Waals surface area contributed by atoms with E-state index in [1.165, 1.54) is 25.7 Å². The molecule has 0 aromatic rings. The van der Waals surface area contributed by atoms with Crippen LogP contribution in [-0.4, -0.2) is 0 Å². The lowest BCUT2D eigenvalue weighted by molar-refractivity contribution is 0.251. The summed E-state index contributed by atoms with van der Waals surface area (Å²) >= 11 is 0. The van der Waals surface area contributed by atoms with Gasteiger partial charge in [-0.05, 0) is 36.0 Å². The van der Waals surface area contributed by atoms with Gasteiger partial charge in [-0.1, -0.05) is 47.5 Å². The highest BCUT2D eigenvalue weighted by molar-refractivity contribution is 5.05. The van der Waals surface area contributed by atoms with Crippen molar-refractivity contribution in [2.75, 3.05) is 0 Å². The maximum atomic E-state index is 2.45. The van der Waals surface area contributed by atoms with Crippen molar-refractivity contribution in [1.29, 1.82) is 0 Å². The van der Waals surface area contributed by atoms with Crippen LogP contribution in [0.4, 0.5) is 0 Å². The lowest BCUT2D eigenvalue weighted by atomic mass is 9.81. The average molecular weight is 182 g/mol. The zero-order chi connectivity index (χ0) is 10.1. The molecule has 0 N–H and O–H groups in total. The predicted octanol–water partition coefficient (Wildman–Crippen LogP) is 4.49. The number of hydrogen-bond donors (Lipinski definition) is 0. The minimum Gasteiger partial charge on any atom is -0.0651 e. The van der Waals surface area contributed by atoms with Gasteiger partial charge in [-0.25, -0.2) is 0 Å². The molecule has 1 fully saturated rings. The highest BCUT2D eigenvalue weighted by atomic mass is 14.6. The normalized spacial score (nSPS) is 37.2. The monoisotopic (exact) mass is 182 g/mol. The molecule has 0 spiro atoms. The molecule has 0 aromatic carbocycles. The fourth-order valence-electron chi connectivity index (χ4n) is 3.13. The second kappa shape index (κ2) is 4.02. The van der Waals surface area contributed by atoms with Crippen LogP contribution in [0.15, 0.2) is 0 Å². The van der Waals surface area contributed by atoms with E-state index in [4.69, 9.17) is 0 Å². The minimum atomic E-state index is 0.740. The SMILES string of the molecule is CCC(C)C1CC1(CC)C(C)CC. The summed E-state index contributed by atoms with van der Waals surface area (Å²) in [7, 11) is 0. The lowest BCUT2D eigenvalue weighted by Crippen LogP contribution is -2.16. The fourth-order valence-corrected chi connectivity index (χ4v) is 3.13. The molecular weight excluding hydrogens is 156 g/mol. The summed E-state index contributed by atoms with van der Waals surface area (Å²) in [5.41, 5.74) is 0.740. The van der Waals surface area contributed by atoms with Crippen molar-refractivity contribution in [3.05, 3.63) is 0 Å². The van der Waals surface area contributed by atoms with E-state index in [2.05, 4.69) is 34.6 Å². The Hall–Kier alpha value is 0. The molecule has 0 heterocycles. The van der Waals surface area contributed by atoms with Gasteiger partial charge in [0.25, 0.3) is 0 Å². The van der Waals surface area contributed by atoms with E-state index in [9.17, 15) is 0 Å². The second-order valence-electron chi connectivity index (χ2n) is 5.09. The molecule has 1 saturated carbocycles. The van der Waals surface area contributed by atoms with Crippen LogP contribution < -0.4 is 0 Å². The van der Waals surface area contributed by atoms with Crippen LogP contribution in [0.3, 0.4) is 0 Å². The van der Waals surface area contributed by atoms with Gasteiger partial charge in [-0.2, -0.15) is 0 Å². The maximum Gasteiger partial charge on any atom is -0.0241 e. The highest BCUT2D eigenvalue weighted by Crippen LogP contribution is 2.64. The smallest absolute Gasteiger partial charge is 0.0241 e. The molecule has 4 atom stereocenters. The molecule has 0 aromatic heterocycles. The van der Waals surface area contributed by atoms with Gasteiger partial charge in [0, 0.05) is 0 Å². The van der Waals surface area contributed by atoms with Crippen molar-refractivity contribution in [1.82, 2.24) is 0 Å². The van der Waals surface area contributed by atoms with Crippen molar-refractivity contribution in [2.24, 2.45) is 23.2 Å². The Labute approximate surface area is 84.1 Å². The zero-order valence-electron chi connectivity index (χ0n) is 10.1. The minimum absolute atomic E-state index is 0.740. The molecule has 0 aliphatic heterocycles. The first kappa shape index (κ1) is 11.1. The lowest BCUT2D eigenvalue weighted by Gasteiger charge is -2.24. The van der Waals surface area contributed by atoms with E-state index >= 15 is 0 Å². The van der Waals surface area contributed by atoms with Gasteiger partial charge >= 0.3 is 0 Å². The van der Waals surface area contributed by atoms with Crippen LogP contribution in [0.1, 0.15) is 60.3 Å². The fraction of sp³-hybridized carbons (Fsp3) is 1.00. The first-order chi connectivity index (χ1) is 6.12. The van der Waals surface area contributed by atoms with Crippen LogP contribution in [0.5, 0.6) is 0 Å². The maximum absolute atomic E-state index is 2.45. The van der Waals surface area contributed by atoms with Crippen LogP contribution in [0.25, 0.3) is 0 Å². The summed E-state index contributed by atoms with van der Waals surface area (Å²) in [6.45, 7) is 11.9. The summed E-state index contributed by atoms with van der Waals surface area (Å²) in [5.74, 6) is 2.93. The molecule has 0 bridgehead atoms. The second-order valence-corrected chi connectivity index (χ2v) is 5.09. The van der Waals surface area contributed by atoms with Gasteiger partial charge in [0.1, 0.15) is 0 Å². The van der Waals surface area contributed by atoms with E-state index < -0.39 is 0 Å². The molecule has 1 rings (SSSR count). The van der Waals surface area contributed by atoms with Gasteiger partial charge in [0.15, 0.2) is 0 Å². The van der Waals surface area contributed by atoms with Crippen molar-refractivity contribution < 1.29 is 0 Å². The zero-order valence-corrected chi connectivity index (χ0v) is 10.1. The molecule has 78 valence electrons. The third-order valence-corrected chi connectivity index (χ3v) is 4.76. The van der Waals surface area contributed by atoms with E-state index in [1.54, 1.807) is 0 Å². The Bertz CT molecular complexity index is 161. The summed E-state index contributed by atoms with van der Waals surface area (Å²) in [6, 6.07) is 0. The van der Waals surface area contributed by atoms with Crippen LogP contribution in [0.2, 0.25) is 0 Å². The molecule has 0 saturated heterocycles. The summed E-state index contributed by atoms with van der Waals surface area (Å²) in [5, 5.41) is 0. The van der Waals surface area contributed by atoms with Gasteiger partial charge in [-0.3, -0.25) is 0 Å². The van der Waals surface area contributed by atoms with E-state index in [-0.39, 0.29) is 0 Å². The highest BCUT2D eigenvalue weighted by Gasteiger charge is 2.56. The third kappa shape index (κ3) is 1.78. The van der Waals surface area contributed by atoms with Crippen LogP contribution in [0, 0.1) is 23.2 Å². The van der Waals surface area contributed by atoms with Crippen molar-refractivity contribution >= 4 is 0 Å². The van der Waals surface area contributed by atoms with Crippen molar-refractivity contribution in [3.63, 3.8) is 0 Å². The van der Waals surface area contributed by atoms with Crippen LogP contribution in [-0.2, 0) is 0 Å². The predicted molar refractivity (Wildman–Crippen MR) is 59.7 cm³/mol.